The van der Waals surface area contributed by atoms with E-state index in [1.54, 1.807) is 19.2 Å². The molecule has 6 heteroatoms. The minimum absolute atomic E-state index is 0.0572. The fourth-order valence-electron chi connectivity index (χ4n) is 2.52. The van der Waals surface area contributed by atoms with Gasteiger partial charge in [-0.2, -0.15) is 5.10 Å². The Bertz CT molecular complexity index is 843. The second kappa shape index (κ2) is 7.23. The summed E-state index contributed by atoms with van der Waals surface area (Å²) in [5.41, 5.74) is 3.09. The van der Waals surface area contributed by atoms with Gasteiger partial charge in [0, 0.05) is 36.8 Å². The number of fused-ring (bicyclic) bond motifs is 1. The van der Waals surface area contributed by atoms with E-state index in [2.05, 4.69) is 15.5 Å². The maximum atomic E-state index is 13.1. The van der Waals surface area contributed by atoms with Crippen LogP contribution in [0, 0.1) is 5.82 Å². The molecule has 5 nitrogen and oxygen atoms in total. The van der Waals surface area contributed by atoms with Gasteiger partial charge in [0.25, 0.3) is 0 Å². The van der Waals surface area contributed by atoms with E-state index in [4.69, 9.17) is 4.74 Å². The Labute approximate surface area is 138 Å². The smallest absolute Gasteiger partial charge is 0.224 e. The number of hydrogen-bond donors (Lipinski definition) is 2. The predicted molar refractivity (Wildman–Crippen MR) is 91.2 cm³/mol. The number of carbonyl (C=O) groups excluding carboxylic acids is 1. The van der Waals surface area contributed by atoms with Crippen LogP contribution in [-0.4, -0.2) is 29.8 Å². The van der Waals surface area contributed by atoms with E-state index in [-0.39, 0.29) is 11.7 Å². The van der Waals surface area contributed by atoms with Gasteiger partial charge in [-0.1, -0.05) is 0 Å². The standard InChI is InChI=1S/C18H18FN3O2/c1-24-10-2-3-17(23)20-14-8-9-16-15(11-14)18(22-21-16)12-4-6-13(19)7-5-12/h4-9,11H,2-3,10H2,1H3,(H,20,23)(H,21,22). The molecule has 2 aromatic carbocycles. The Morgan fingerprint density at radius 3 is 2.79 bits per heavy atom. The summed E-state index contributed by atoms with van der Waals surface area (Å²) >= 11 is 0. The summed E-state index contributed by atoms with van der Waals surface area (Å²) in [6, 6.07) is 11.7. The molecule has 0 atom stereocenters. The van der Waals surface area contributed by atoms with Crippen molar-refractivity contribution in [2.45, 2.75) is 12.8 Å². The molecule has 0 fully saturated rings. The van der Waals surface area contributed by atoms with E-state index in [1.807, 2.05) is 18.2 Å². The maximum absolute atomic E-state index is 13.1. The largest absolute Gasteiger partial charge is 0.385 e. The highest BCUT2D eigenvalue weighted by molar-refractivity contribution is 5.98. The van der Waals surface area contributed by atoms with Crippen molar-refractivity contribution in [1.82, 2.24) is 10.2 Å². The number of aromatic nitrogens is 2. The first-order valence-electron chi connectivity index (χ1n) is 7.70. The zero-order chi connectivity index (χ0) is 16.9. The molecule has 3 aromatic rings. The highest BCUT2D eigenvalue weighted by Gasteiger charge is 2.10. The molecule has 0 aliphatic carbocycles. The zero-order valence-corrected chi connectivity index (χ0v) is 13.3. The van der Waals surface area contributed by atoms with Gasteiger partial charge in [0.2, 0.25) is 5.91 Å². The minimum atomic E-state index is -0.289. The van der Waals surface area contributed by atoms with Crippen LogP contribution in [0.2, 0.25) is 0 Å². The van der Waals surface area contributed by atoms with Crippen molar-refractivity contribution in [1.29, 1.82) is 0 Å². The summed E-state index contributed by atoms with van der Waals surface area (Å²) in [4.78, 5) is 11.9. The molecule has 0 radical (unpaired) electrons. The topological polar surface area (TPSA) is 67.0 Å². The van der Waals surface area contributed by atoms with Gasteiger partial charge in [-0.25, -0.2) is 4.39 Å². The summed E-state index contributed by atoms with van der Waals surface area (Å²) in [7, 11) is 1.61. The Kier molecular flexibility index (Phi) is 4.86. The maximum Gasteiger partial charge on any atom is 0.224 e. The molecule has 24 heavy (non-hydrogen) atoms. The molecule has 1 heterocycles. The van der Waals surface area contributed by atoms with Crippen LogP contribution in [0.25, 0.3) is 22.2 Å². The van der Waals surface area contributed by atoms with Crippen LogP contribution >= 0.6 is 0 Å². The summed E-state index contributed by atoms with van der Waals surface area (Å²) in [5, 5.41) is 11.0. The lowest BCUT2D eigenvalue weighted by molar-refractivity contribution is -0.116. The number of ether oxygens (including phenoxy) is 1. The van der Waals surface area contributed by atoms with Crippen molar-refractivity contribution in [2.24, 2.45) is 0 Å². The van der Waals surface area contributed by atoms with E-state index in [0.717, 1.165) is 22.2 Å². The summed E-state index contributed by atoms with van der Waals surface area (Å²) in [6.07, 6.45) is 1.08. The molecule has 0 bridgehead atoms. The summed E-state index contributed by atoms with van der Waals surface area (Å²) in [6.45, 7) is 0.558. The third-order valence-electron chi connectivity index (χ3n) is 3.72. The van der Waals surface area contributed by atoms with Crippen molar-refractivity contribution in [3.05, 3.63) is 48.3 Å². The van der Waals surface area contributed by atoms with Crippen molar-refractivity contribution < 1.29 is 13.9 Å². The van der Waals surface area contributed by atoms with Crippen LogP contribution in [0.3, 0.4) is 0 Å². The van der Waals surface area contributed by atoms with Crippen LogP contribution in [0.15, 0.2) is 42.5 Å². The highest BCUT2D eigenvalue weighted by atomic mass is 19.1. The zero-order valence-electron chi connectivity index (χ0n) is 13.3. The minimum Gasteiger partial charge on any atom is -0.385 e. The molecule has 124 valence electrons. The number of halogens is 1. The molecular formula is C18H18FN3O2. The Morgan fingerprint density at radius 2 is 2.04 bits per heavy atom. The Balaban J connectivity index is 1.83. The molecule has 0 spiro atoms. The fraction of sp³-hybridized carbons (Fsp3) is 0.222. The van der Waals surface area contributed by atoms with Gasteiger partial charge in [-0.05, 0) is 48.9 Å². The second-order valence-corrected chi connectivity index (χ2v) is 5.48. The van der Waals surface area contributed by atoms with Gasteiger partial charge >= 0.3 is 0 Å². The van der Waals surface area contributed by atoms with E-state index in [1.165, 1.54) is 12.1 Å². The molecule has 0 aliphatic heterocycles. The number of hydrogen-bond acceptors (Lipinski definition) is 3. The van der Waals surface area contributed by atoms with Gasteiger partial charge in [0.1, 0.15) is 5.82 Å². The van der Waals surface area contributed by atoms with Crippen LogP contribution in [0.1, 0.15) is 12.8 Å². The van der Waals surface area contributed by atoms with Crippen LogP contribution < -0.4 is 5.32 Å². The normalized spacial score (nSPS) is 10.9. The quantitative estimate of drug-likeness (QED) is 0.678. The average Bonchev–Trinajstić information content (AvgIpc) is 2.99. The number of benzene rings is 2. The number of carbonyl (C=O) groups is 1. The van der Waals surface area contributed by atoms with Crippen LogP contribution in [0.5, 0.6) is 0 Å². The number of nitrogens with one attached hydrogen (secondary N) is 2. The number of methoxy groups -OCH3 is 1. The summed E-state index contributed by atoms with van der Waals surface area (Å²) < 4.78 is 18.0. The van der Waals surface area contributed by atoms with Gasteiger partial charge in [0.15, 0.2) is 0 Å². The Hall–Kier alpha value is -2.73. The highest BCUT2D eigenvalue weighted by Crippen LogP contribution is 2.28. The number of aromatic amines is 1. The molecule has 2 N–H and O–H groups in total. The van der Waals surface area contributed by atoms with Gasteiger partial charge in [-0.15, -0.1) is 0 Å². The molecule has 0 saturated heterocycles. The van der Waals surface area contributed by atoms with Crippen LogP contribution in [0.4, 0.5) is 10.1 Å². The number of amides is 1. The van der Waals surface area contributed by atoms with E-state index in [9.17, 15) is 9.18 Å². The van der Waals surface area contributed by atoms with Crippen LogP contribution in [-0.2, 0) is 9.53 Å². The van der Waals surface area contributed by atoms with Gasteiger partial charge in [-0.3, -0.25) is 9.89 Å². The van der Waals surface area contributed by atoms with E-state index >= 15 is 0 Å². The lowest BCUT2D eigenvalue weighted by Crippen LogP contribution is -2.11. The number of H-pyrrole nitrogens is 1. The fourth-order valence-corrected chi connectivity index (χ4v) is 2.52. The first-order valence-corrected chi connectivity index (χ1v) is 7.70. The first-order chi connectivity index (χ1) is 11.7. The molecule has 0 unspecified atom stereocenters. The SMILES string of the molecule is COCCCC(=O)Nc1ccc2[nH]nc(-c3ccc(F)cc3)c2c1. The van der Waals surface area contributed by atoms with E-state index in [0.29, 0.717) is 25.1 Å². The number of nitrogens with zero attached hydrogens (tertiary/aromatic N) is 1. The molecule has 1 amide bonds. The predicted octanol–water partition coefficient (Wildman–Crippen LogP) is 3.73. The van der Waals surface area contributed by atoms with Crippen molar-refractivity contribution in [2.75, 3.05) is 19.0 Å². The summed E-state index contributed by atoms with van der Waals surface area (Å²) in [5.74, 6) is -0.346. The van der Waals surface area contributed by atoms with Crippen molar-refractivity contribution in [3.8, 4) is 11.3 Å². The number of anilines is 1. The lowest BCUT2D eigenvalue weighted by Gasteiger charge is -2.06. The molecular weight excluding hydrogens is 309 g/mol. The third kappa shape index (κ3) is 3.60. The monoisotopic (exact) mass is 327 g/mol. The lowest BCUT2D eigenvalue weighted by atomic mass is 10.1. The second-order valence-electron chi connectivity index (χ2n) is 5.48. The number of rotatable bonds is 6. The third-order valence-corrected chi connectivity index (χ3v) is 3.72. The molecule has 1 aromatic heterocycles. The molecule has 3 rings (SSSR count). The Morgan fingerprint density at radius 1 is 1.25 bits per heavy atom. The first kappa shape index (κ1) is 16.1. The average molecular weight is 327 g/mol. The molecule has 0 aliphatic rings. The molecule has 0 saturated carbocycles. The van der Waals surface area contributed by atoms with Gasteiger partial charge in [0.05, 0.1) is 11.2 Å². The van der Waals surface area contributed by atoms with Crippen molar-refractivity contribution >= 4 is 22.5 Å². The van der Waals surface area contributed by atoms with Crippen molar-refractivity contribution in [3.63, 3.8) is 0 Å². The van der Waals surface area contributed by atoms with Gasteiger partial charge < -0.3 is 10.1 Å². The van der Waals surface area contributed by atoms with E-state index < -0.39 is 0 Å².